The van der Waals surface area contributed by atoms with Crippen LogP contribution >= 0.6 is 0 Å². The van der Waals surface area contributed by atoms with E-state index in [-0.39, 0.29) is 22.9 Å². The van der Waals surface area contributed by atoms with Crippen LogP contribution < -0.4 is 10.9 Å². The summed E-state index contributed by atoms with van der Waals surface area (Å²) in [4.78, 5) is 57.4. The molecule has 42 heavy (non-hydrogen) atoms. The summed E-state index contributed by atoms with van der Waals surface area (Å²) in [5, 5.41) is 3.93. The number of carbonyl (C=O) groups excluding carboxylic acids is 2. The normalized spacial score (nSPS) is 16.6. The van der Waals surface area contributed by atoms with Gasteiger partial charge in [-0.15, -0.1) is 0 Å². The fourth-order valence-electron chi connectivity index (χ4n) is 6.40. The molecule has 1 saturated carbocycles. The van der Waals surface area contributed by atoms with Gasteiger partial charge < -0.3 is 5.32 Å². The number of aromatic nitrogens is 5. The Bertz CT molecular complexity index is 1670. The smallest absolute Gasteiger partial charge is 0.263 e. The maximum atomic E-state index is 13.5. The molecule has 0 amide bonds. The fourth-order valence-corrected chi connectivity index (χ4v) is 6.40. The molecule has 0 radical (unpaired) electrons. The van der Waals surface area contributed by atoms with Crippen LogP contribution in [-0.4, -0.2) is 54.6 Å². The number of likely N-dealkylation sites (tertiary alicyclic amines) is 1. The number of piperidine rings is 1. The number of anilines is 2. The van der Waals surface area contributed by atoms with Crippen LogP contribution in [0.2, 0.25) is 0 Å². The van der Waals surface area contributed by atoms with Crippen molar-refractivity contribution in [3.8, 4) is 0 Å². The van der Waals surface area contributed by atoms with Crippen LogP contribution in [0.1, 0.15) is 94.9 Å². The van der Waals surface area contributed by atoms with Gasteiger partial charge in [-0.25, -0.2) is 9.97 Å². The average Bonchev–Trinajstić information content (AvgIpc) is 3.53. The molecular weight excluding hydrogens is 530 g/mol. The minimum atomic E-state index is -0.260. The van der Waals surface area contributed by atoms with Gasteiger partial charge in [-0.2, -0.15) is 4.98 Å². The van der Waals surface area contributed by atoms with Crippen LogP contribution in [0.4, 0.5) is 11.8 Å². The van der Waals surface area contributed by atoms with E-state index in [0.717, 1.165) is 75.5 Å². The summed E-state index contributed by atoms with van der Waals surface area (Å²) in [6.07, 6.45) is 12.0. The number of hydrogen-bond acceptors (Lipinski definition) is 9. The monoisotopic (exact) mass is 565 g/mol. The van der Waals surface area contributed by atoms with Crippen molar-refractivity contribution in [3.05, 3.63) is 81.2 Å². The van der Waals surface area contributed by atoms with Crippen LogP contribution in [0, 0.1) is 6.92 Å². The number of fused-ring (bicyclic) bond motifs is 1. The molecule has 1 aliphatic carbocycles. The first-order valence-corrected chi connectivity index (χ1v) is 14.7. The molecule has 216 valence electrons. The lowest BCUT2D eigenvalue weighted by Gasteiger charge is -2.31. The number of carbonyl (C=O) groups is 2. The first-order chi connectivity index (χ1) is 20.4. The van der Waals surface area contributed by atoms with E-state index in [1.807, 2.05) is 24.4 Å². The van der Waals surface area contributed by atoms with Crippen LogP contribution in [-0.2, 0) is 6.54 Å². The van der Waals surface area contributed by atoms with Crippen molar-refractivity contribution in [2.24, 2.45) is 0 Å². The Morgan fingerprint density at radius 1 is 1.00 bits per heavy atom. The third-order valence-corrected chi connectivity index (χ3v) is 8.70. The van der Waals surface area contributed by atoms with E-state index in [1.54, 1.807) is 23.9 Å². The first kappa shape index (κ1) is 27.8. The van der Waals surface area contributed by atoms with E-state index < -0.39 is 0 Å². The maximum Gasteiger partial charge on any atom is 0.263 e. The third kappa shape index (κ3) is 5.59. The van der Waals surface area contributed by atoms with Gasteiger partial charge in [0.1, 0.15) is 11.5 Å². The summed E-state index contributed by atoms with van der Waals surface area (Å²) in [7, 11) is 0. The Morgan fingerprint density at radius 3 is 2.43 bits per heavy atom. The van der Waals surface area contributed by atoms with Gasteiger partial charge in [0.25, 0.3) is 5.56 Å². The number of rotatable bonds is 8. The van der Waals surface area contributed by atoms with Gasteiger partial charge in [0, 0.05) is 42.1 Å². The zero-order chi connectivity index (χ0) is 29.2. The van der Waals surface area contributed by atoms with Gasteiger partial charge in [-0.3, -0.25) is 28.8 Å². The number of ketones is 1. The highest BCUT2D eigenvalue weighted by Crippen LogP contribution is 2.32. The number of aryl methyl sites for hydroxylation is 1. The lowest BCUT2D eigenvalue weighted by atomic mass is 9.90. The predicted octanol–water partition coefficient (Wildman–Crippen LogP) is 5.14. The molecule has 5 heterocycles. The summed E-state index contributed by atoms with van der Waals surface area (Å²) in [6.45, 7) is 5.96. The van der Waals surface area contributed by atoms with Gasteiger partial charge in [-0.1, -0.05) is 18.9 Å². The standard InChI is InChI=1S/C32H35N7O3/c1-20-27-17-35-32(37-30(27)39(26-5-3-4-6-26)31(42)29(20)21(2)41)36-28-10-8-24(16-34-28)23-11-13-38(14-12-23)18-25-9-7-22(19-40)15-33-25/h7-10,15-17,19,23,26H,3-6,11-14,18H2,1-2H3,(H,34,35,36,37). The molecule has 0 spiro atoms. The summed E-state index contributed by atoms with van der Waals surface area (Å²) >= 11 is 0. The van der Waals surface area contributed by atoms with Crippen LogP contribution in [0.25, 0.3) is 11.0 Å². The Balaban J connectivity index is 1.15. The quantitative estimate of drug-likeness (QED) is 0.228. The summed E-state index contributed by atoms with van der Waals surface area (Å²) < 4.78 is 1.72. The van der Waals surface area contributed by atoms with Crippen LogP contribution in [0.15, 0.2) is 47.7 Å². The van der Waals surface area contributed by atoms with Crippen molar-refractivity contribution in [1.82, 2.24) is 29.4 Å². The lowest BCUT2D eigenvalue weighted by Crippen LogP contribution is -2.32. The summed E-state index contributed by atoms with van der Waals surface area (Å²) in [6, 6.07) is 7.82. The lowest BCUT2D eigenvalue weighted by molar-refractivity contribution is 0.101. The number of Topliss-reactive ketones (excluding diaryl/α,β-unsaturated/α-hetero) is 1. The Morgan fingerprint density at radius 2 is 1.79 bits per heavy atom. The number of aldehydes is 1. The maximum absolute atomic E-state index is 13.5. The zero-order valence-electron chi connectivity index (χ0n) is 24.0. The highest BCUT2D eigenvalue weighted by atomic mass is 16.1. The van der Waals surface area contributed by atoms with E-state index in [4.69, 9.17) is 4.98 Å². The van der Waals surface area contributed by atoms with Crippen molar-refractivity contribution >= 4 is 34.9 Å². The molecule has 2 fully saturated rings. The van der Waals surface area contributed by atoms with Gasteiger partial charge in [0.15, 0.2) is 12.1 Å². The molecule has 10 nitrogen and oxygen atoms in total. The molecule has 4 aromatic rings. The van der Waals surface area contributed by atoms with Crippen molar-refractivity contribution in [1.29, 1.82) is 0 Å². The molecular formula is C32H35N7O3. The molecule has 0 atom stereocenters. The van der Waals surface area contributed by atoms with Crippen molar-refractivity contribution in [3.63, 3.8) is 0 Å². The molecule has 6 rings (SSSR count). The van der Waals surface area contributed by atoms with Gasteiger partial charge in [0.05, 0.1) is 11.3 Å². The SMILES string of the molecule is CC(=O)c1c(C)c2cnc(Nc3ccc(C4CCN(Cc5ccc(C=O)cn5)CC4)cn3)nc2n(C2CCCC2)c1=O. The van der Waals surface area contributed by atoms with Gasteiger partial charge in [-0.05, 0) is 87.9 Å². The predicted molar refractivity (Wildman–Crippen MR) is 160 cm³/mol. The van der Waals surface area contributed by atoms with Crippen molar-refractivity contribution in [2.75, 3.05) is 18.4 Å². The van der Waals surface area contributed by atoms with E-state index in [2.05, 4.69) is 31.2 Å². The largest absolute Gasteiger partial charge is 0.309 e. The minimum absolute atomic E-state index is 0.0320. The minimum Gasteiger partial charge on any atom is -0.309 e. The highest BCUT2D eigenvalue weighted by Gasteiger charge is 2.26. The molecule has 0 aromatic carbocycles. The highest BCUT2D eigenvalue weighted by molar-refractivity contribution is 5.99. The number of hydrogen-bond donors (Lipinski definition) is 1. The van der Waals surface area contributed by atoms with Crippen LogP contribution in [0.5, 0.6) is 0 Å². The average molecular weight is 566 g/mol. The van der Waals surface area contributed by atoms with Crippen molar-refractivity contribution in [2.45, 2.75) is 70.9 Å². The first-order valence-electron chi connectivity index (χ1n) is 14.7. The number of nitrogens with zero attached hydrogens (tertiary/aromatic N) is 6. The number of pyridine rings is 3. The molecule has 1 aliphatic heterocycles. The zero-order valence-corrected chi connectivity index (χ0v) is 24.0. The molecule has 4 aromatic heterocycles. The second kappa shape index (κ2) is 11.9. The van der Waals surface area contributed by atoms with Gasteiger partial charge in [0.2, 0.25) is 5.95 Å². The van der Waals surface area contributed by atoms with E-state index >= 15 is 0 Å². The Hall–Kier alpha value is -4.31. The second-order valence-electron chi connectivity index (χ2n) is 11.5. The Kier molecular flexibility index (Phi) is 7.88. The van der Waals surface area contributed by atoms with E-state index in [0.29, 0.717) is 34.5 Å². The molecule has 2 aliphatic rings. The molecule has 0 bridgehead atoms. The Labute approximate surface area is 244 Å². The molecule has 1 saturated heterocycles. The van der Waals surface area contributed by atoms with Crippen molar-refractivity contribution < 1.29 is 9.59 Å². The summed E-state index contributed by atoms with van der Waals surface area (Å²) in [5.74, 6) is 1.20. The summed E-state index contributed by atoms with van der Waals surface area (Å²) in [5.41, 5.74) is 3.93. The van der Waals surface area contributed by atoms with Crippen LogP contribution in [0.3, 0.4) is 0 Å². The molecule has 1 N–H and O–H groups in total. The fraction of sp³-hybridized carbons (Fsp3) is 0.406. The second-order valence-corrected chi connectivity index (χ2v) is 11.5. The van der Waals surface area contributed by atoms with Gasteiger partial charge >= 0.3 is 0 Å². The van der Waals surface area contributed by atoms with E-state index in [9.17, 15) is 14.4 Å². The van der Waals surface area contributed by atoms with E-state index in [1.165, 1.54) is 12.5 Å². The molecule has 10 heteroatoms. The topological polar surface area (TPSA) is 123 Å². The number of nitrogens with one attached hydrogen (secondary N) is 1. The third-order valence-electron chi connectivity index (χ3n) is 8.70. The molecule has 0 unspecified atom stereocenters.